The van der Waals surface area contributed by atoms with Gasteiger partial charge in [0, 0.05) is 30.8 Å². The van der Waals surface area contributed by atoms with Crippen LogP contribution in [0.5, 0.6) is 0 Å². The van der Waals surface area contributed by atoms with E-state index in [4.69, 9.17) is 4.74 Å². The zero-order valence-corrected chi connectivity index (χ0v) is 14.8. The van der Waals surface area contributed by atoms with Gasteiger partial charge in [0.25, 0.3) is 0 Å². The Kier molecular flexibility index (Phi) is 4.40. The summed E-state index contributed by atoms with van der Waals surface area (Å²) < 4.78 is 7.54. The van der Waals surface area contributed by atoms with Crippen LogP contribution in [0.25, 0.3) is 0 Å². The monoisotopic (exact) mass is 336 g/mol. The summed E-state index contributed by atoms with van der Waals surface area (Å²) in [5.41, 5.74) is -0.446. The quantitative estimate of drug-likeness (QED) is 0.774. The summed E-state index contributed by atoms with van der Waals surface area (Å²) >= 11 is 1.69. The van der Waals surface area contributed by atoms with Crippen molar-refractivity contribution in [1.29, 1.82) is 0 Å². The molecule has 1 saturated heterocycles. The molecule has 0 spiro atoms. The van der Waals surface area contributed by atoms with Crippen molar-refractivity contribution in [1.82, 2.24) is 19.7 Å². The lowest BCUT2D eigenvalue weighted by atomic mass is 10.2. The van der Waals surface area contributed by atoms with Crippen molar-refractivity contribution >= 4 is 17.9 Å². The minimum Gasteiger partial charge on any atom is -0.444 e. The normalized spacial score (nSPS) is 18.7. The highest BCUT2D eigenvalue weighted by molar-refractivity contribution is 7.99. The minimum atomic E-state index is -0.446. The molecule has 6 nitrogen and oxygen atoms in total. The highest BCUT2D eigenvalue weighted by Crippen LogP contribution is 2.40. The van der Waals surface area contributed by atoms with Gasteiger partial charge in [-0.05, 0) is 33.6 Å². The fraction of sp³-hybridized carbons (Fsp3) is 0.688. The molecule has 0 bridgehead atoms. The first kappa shape index (κ1) is 16.4. The van der Waals surface area contributed by atoms with E-state index in [9.17, 15) is 4.79 Å². The Labute approximate surface area is 141 Å². The Morgan fingerprint density at radius 1 is 1.39 bits per heavy atom. The molecule has 126 valence electrons. The van der Waals surface area contributed by atoms with Gasteiger partial charge in [-0.3, -0.25) is 0 Å². The van der Waals surface area contributed by atoms with Gasteiger partial charge < -0.3 is 14.2 Å². The number of rotatable bonds is 5. The molecule has 1 aliphatic carbocycles. The molecule has 0 atom stereocenters. The third-order valence-electron chi connectivity index (χ3n) is 3.77. The Morgan fingerprint density at radius 2 is 2.09 bits per heavy atom. The van der Waals surface area contributed by atoms with E-state index < -0.39 is 5.60 Å². The van der Waals surface area contributed by atoms with Crippen molar-refractivity contribution < 1.29 is 9.53 Å². The van der Waals surface area contributed by atoms with Crippen LogP contribution in [0.2, 0.25) is 0 Å². The fourth-order valence-corrected chi connectivity index (χ4v) is 3.66. The second kappa shape index (κ2) is 6.19. The molecular weight excluding hydrogens is 312 g/mol. The molecule has 23 heavy (non-hydrogen) atoms. The van der Waals surface area contributed by atoms with Crippen LogP contribution >= 0.6 is 11.8 Å². The van der Waals surface area contributed by atoms with Crippen LogP contribution in [-0.2, 0) is 11.3 Å². The van der Waals surface area contributed by atoms with E-state index in [-0.39, 0.29) is 6.09 Å². The molecule has 0 N–H and O–H groups in total. The van der Waals surface area contributed by atoms with E-state index in [0.29, 0.717) is 24.3 Å². The average molecular weight is 336 g/mol. The summed E-state index contributed by atoms with van der Waals surface area (Å²) in [4.78, 5) is 13.7. The number of hydrogen-bond acceptors (Lipinski definition) is 5. The van der Waals surface area contributed by atoms with Crippen LogP contribution in [0.1, 0.15) is 45.4 Å². The molecule has 1 amide bonds. The van der Waals surface area contributed by atoms with Crippen LogP contribution in [-0.4, -0.2) is 49.7 Å². The van der Waals surface area contributed by atoms with E-state index in [1.807, 2.05) is 26.8 Å². The maximum absolute atomic E-state index is 12.0. The molecule has 2 aliphatic rings. The number of aromatic nitrogens is 3. The number of nitrogens with zero attached hydrogens (tertiary/aromatic N) is 4. The highest BCUT2D eigenvalue weighted by atomic mass is 32.2. The summed E-state index contributed by atoms with van der Waals surface area (Å²) in [7, 11) is 0. The number of carbonyl (C=O) groups is 1. The van der Waals surface area contributed by atoms with Gasteiger partial charge in [-0.15, -0.1) is 16.8 Å². The molecule has 0 unspecified atom stereocenters. The second-order valence-electron chi connectivity index (χ2n) is 7.14. The van der Waals surface area contributed by atoms with Crippen LogP contribution in [0.15, 0.2) is 17.8 Å². The Hall–Kier alpha value is -1.50. The average Bonchev–Trinajstić information content (AvgIpc) is 3.15. The summed E-state index contributed by atoms with van der Waals surface area (Å²) in [6.07, 6.45) is 4.05. The van der Waals surface area contributed by atoms with Crippen LogP contribution in [0.4, 0.5) is 4.79 Å². The number of likely N-dealkylation sites (tertiary alicyclic amines) is 1. The zero-order chi connectivity index (χ0) is 16.6. The molecule has 0 aromatic carbocycles. The smallest absolute Gasteiger partial charge is 0.410 e. The van der Waals surface area contributed by atoms with Gasteiger partial charge in [0.2, 0.25) is 0 Å². The van der Waals surface area contributed by atoms with Gasteiger partial charge >= 0.3 is 6.09 Å². The van der Waals surface area contributed by atoms with E-state index >= 15 is 0 Å². The van der Waals surface area contributed by atoms with Gasteiger partial charge in [0.05, 0.1) is 0 Å². The Balaban J connectivity index is 1.56. The highest BCUT2D eigenvalue weighted by Gasteiger charge is 2.36. The summed E-state index contributed by atoms with van der Waals surface area (Å²) in [5, 5.41) is 9.97. The summed E-state index contributed by atoms with van der Waals surface area (Å²) in [5.74, 6) is 1.65. The first-order chi connectivity index (χ1) is 10.9. The van der Waals surface area contributed by atoms with Crippen molar-refractivity contribution in [3.8, 4) is 0 Å². The van der Waals surface area contributed by atoms with Gasteiger partial charge in [0.15, 0.2) is 5.16 Å². The predicted octanol–water partition coefficient (Wildman–Crippen LogP) is 3.05. The predicted molar refractivity (Wildman–Crippen MR) is 89.6 cm³/mol. The summed E-state index contributed by atoms with van der Waals surface area (Å²) in [6.45, 7) is 11.6. The standard InChI is InChI=1S/C16H24N4O2S/c1-5-8-20-13(11-6-7-11)17-18-14(20)23-12-9-19(10-12)15(21)22-16(2,3)4/h5,11-12H,1,6-10H2,2-4H3. The maximum Gasteiger partial charge on any atom is 0.410 e. The molecule has 2 heterocycles. The van der Waals surface area contributed by atoms with E-state index in [0.717, 1.165) is 17.5 Å². The van der Waals surface area contributed by atoms with E-state index in [1.165, 1.54) is 12.8 Å². The van der Waals surface area contributed by atoms with Crippen molar-refractivity contribution in [2.24, 2.45) is 0 Å². The minimum absolute atomic E-state index is 0.236. The second-order valence-corrected chi connectivity index (χ2v) is 8.41. The van der Waals surface area contributed by atoms with Gasteiger partial charge in [-0.1, -0.05) is 17.8 Å². The molecule has 1 saturated carbocycles. The topological polar surface area (TPSA) is 60.2 Å². The van der Waals surface area contributed by atoms with Crippen LogP contribution < -0.4 is 0 Å². The number of amides is 1. The lowest BCUT2D eigenvalue weighted by Gasteiger charge is -2.39. The SMILES string of the molecule is C=CCn1c(SC2CN(C(=O)OC(C)(C)C)C2)nnc1C1CC1. The van der Waals surface area contributed by atoms with Crippen LogP contribution in [0, 0.1) is 0 Å². The summed E-state index contributed by atoms with van der Waals surface area (Å²) in [6, 6.07) is 0. The van der Waals surface area contributed by atoms with E-state index in [2.05, 4.69) is 21.3 Å². The lowest BCUT2D eigenvalue weighted by Crippen LogP contribution is -2.53. The number of thioether (sulfide) groups is 1. The van der Waals surface area contributed by atoms with Crippen molar-refractivity contribution in [2.45, 2.75) is 62.1 Å². The first-order valence-electron chi connectivity index (χ1n) is 8.06. The van der Waals surface area contributed by atoms with Crippen molar-refractivity contribution in [3.05, 3.63) is 18.5 Å². The van der Waals surface area contributed by atoms with Gasteiger partial charge in [0.1, 0.15) is 11.4 Å². The molecule has 2 fully saturated rings. The number of carbonyl (C=O) groups excluding carboxylic acids is 1. The van der Waals surface area contributed by atoms with Crippen LogP contribution in [0.3, 0.4) is 0 Å². The number of allylic oxidation sites excluding steroid dienone is 1. The molecule has 1 aromatic heterocycles. The largest absolute Gasteiger partial charge is 0.444 e. The van der Waals surface area contributed by atoms with Crippen molar-refractivity contribution in [2.75, 3.05) is 13.1 Å². The first-order valence-corrected chi connectivity index (χ1v) is 8.94. The molecule has 7 heteroatoms. The Bertz CT molecular complexity index is 598. The fourth-order valence-electron chi connectivity index (χ4n) is 2.47. The molecular formula is C16H24N4O2S. The van der Waals surface area contributed by atoms with Crippen molar-refractivity contribution in [3.63, 3.8) is 0 Å². The number of ether oxygens (including phenoxy) is 1. The lowest BCUT2D eigenvalue weighted by molar-refractivity contribution is 0.0143. The third-order valence-corrected chi connectivity index (χ3v) is 4.92. The van der Waals surface area contributed by atoms with Gasteiger partial charge in [-0.2, -0.15) is 0 Å². The molecule has 1 aliphatic heterocycles. The van der Waals surface area contributed by atoms with Gasteiger partial charge in [-0.25, -0.2) is 4.79 Å². The number of hydrogen-bond donors (Lipinski definition) is 0. The Morgan fingerprint density at radius 3 is 2.65 bits per heavy atom. The molecule has 3 rings (SSSR count). The molecule has 1 aromatic rings. The maximum atomic E-state index is 12.0. The van der Waals surface area contributed by atoms with E-state index in [1.54, 1.807) is 16.7 Å². The third kappa shape index (κ3) is 3.88. The molecule has 0 radical (unpaired) electrons. The zero-order valence-electron chi connectivity index (χ0n) is 14.0.